The monoisotopic (exact) mass is 517 g/mol. The average Bonchev–Trinajstić information content (AvgIpc) is 2.93. The number of methoxy groups -OCH3 is 1. The van der Waals surface area contributed by atoms with Crippen molar-refractivity contribution in [2.45, 2.75) is 75.5 Å². The molecule has 1 aromatic carbocycles. The van der Waals surface area contributed by atoms with Gasteiger partial charge in [0.25, 0.3) is 0 Å². The molecule has 0 radical (unpaired) electrons. The van der Waals surface area contributed by atoms with Crippen LogP contribution in [0.25, 0.3) is 0 Å². The van der Waals surface area contributed by atoms with Crippen LogP contribution in [-0.2, 0) is 14.8 Å². The Morgan fingerprint density at radius 3 is 2.48 bits per heavy atom. The molecule has 1 aliphatic carbocycles. The molecule has 31 heavy (non-hydrogen) atoms. The Morgan fingerprint density at radius 2 is 1.94 bits per heavy atom. The maximum atomic E-state index is 13.5. The predicted molar refractivity (Wildman–Crippen MR) is 122 cm³/mol. The Hall–Kier alpha value is -1.13. The Labute approximate surface area is 193 Å². The summed E-state index contributed by atoms with van der Waals surface area (Å²) in [7, 11) is -2.46. The van der Waals surface area contributed by atoms with Crippen molar-refractivity contribution in [2.75, 3.05) is 13.7 Å². The minimum atomic E-state index is -3.97. The second-order valence-corrected chi connectivity index (χ2v) is 12.9. The number of aliphatic hydroxyl groups excluding tert-OH is 2. The number of fused-ring (bicyclic) bond motifs is 3. The molecule has 7 nitrogen and oxygen atoms in total. The lowest BCUT2D eigenvalue weighted by Gasteiger charge is -2.39. The number of aliphatic hydroxyl groups is 2. The van der Waals surface area contributed by atoms with Crippen LogP contribution in [0, 0.1) is 5.41 Å². The first-order valence-corrected chi connectivity index (χ1v) is 12.5. The van der Waals surface area contributed by atoms with Gasteiger partial charge in [-0.2, -0.15) is 0 Å². The van der Waals surface area contributed by atoms with E-state index in [1.54, 1.807) is 6.07 Å². The average molecular weight is 518 g/mol. The molecule has 0 saturated heterocycles. The molecule has 174 valence electrons. The van der Waals surface area contributed by atoms with E-state index in [-0.39, 0.29) is 16.1 Å². The minimum absolute atomic E-state index is 0.0211. The molecular formula is C22H32BrNO6S. The fraction of sp³-hybridized carbons (Fsp3) is 0.636. The van der Waals surface area contributed by atoms with Gasteiger partial charge in [-0.3, -0.25) is 0 Å². The van der Waals surface area contributed by atoms with Crippen molar-refractivity contribution in [3.8, 4) is 5.75 Å². The molecule has 0 bridgehead atoms. The number of allylic oxidation sites excluding steroid dienone is 1. The van der Waals surface area contributed by atoms with E-state index in [4.69, 9.17) is 9.47 Å². The number of ether oxygens (including phenoxy) is 2. The summed E-state index contributed by atoms with van der Waals surface area (Å²) in [6.45, 7) is 9.40. The molecule has 0 aromatic heterocycles. The molecular weight excluding hydrogens is 486 g/mol. The van der Waals surface area contributed by atoms with E-state index in [1.165, 1.54) is 19.3 Å². The number of hydrogen-bond acceptors (Lipinski definition) is 6. The highest BCUT2D eigenvalue weighted by Crippen LogP contribution is 2.54. The van der Waals surface area contributed by atoms with Gasteiger partial charge in [0.1, 0.15) is 16.7 Å². The summed E-state index contributed by atoms with van der Waals surface area (Å²) in [5, 5.41) is 21.0. The van der Waals surface area contributed by atoms with Crippen molar-refractivity contribution in [3.63, 3.8) is 0 Å². The summed E-state index contributed by atoms with van der Waals surface area (Å²) in [5.74, 6) is 0.259. The number of sulfonamides is 1. The summed E-state index contributed by atoms with van der Waals surface area (Å²) in [4.78, 5) is -0.0211. The third-order valence-electron chi connectivity index (χ3n) is 5.74. The summed E-state index contributed by atoms with van der Waals surface area (Å²) in [6, 6.07) is 3.27. The highest BCUT2D eigenvalue weighted by Gasteiger charge is 2.56. The van der Waals surface area contributed by atoms with E-state index in [0.717, 1.165) is 0 Å². The summed E-state index contributed by atoms with van der Waals surface area (Å²) >= 11 is 3.42. The van der Waals surface area contributed by atoms with Crippen LogP contribution in [0.1, 0.15) is 58.9 Å². The Balaban J connectivity index is 2.08. The predicted octanol–water partition coefficient (Wildman–Crippen LogP) is 3.44. The maximum Gasteiger partial charge on any atom is 0.244 e. The number of rotatable bonds is 6. The zero-order valence-corrected chi connectivity index (χ0v) is 21.2. The molecule has 0 saturated carbocycles. The lowest BCUT2D eigenvalue weighted by Crippen LogP contribution is -2.53. The van der Waals surface area contributed by atoms with Gasteiger partial charge in [-0.25, -0.2) is 13.1 Å². The zero-order valence-electron chi connectivity index (χ0n) is 18.8. The fourth-order valence-electron chi connectivity index (χ4n) is 4.98. The summed E-state index contributed by atoms with van der Waals surface area (Å²) in [5.41, 5.74) is -1.53. The molecule has 1 heterocycles. The normalized spacial score (nSPS) is 26.0. The Morgan fingerprint density at radius 1 is 1.29 bits per heavy atom. The molecule has 1 aromatic rings. The van der Waals surface area contributed by atoms with Crippen LogP contribution < -0.4 is 9.46 Å². The van der Waals surface area contributed by atoms with Crippen molar-refractivity contribution >= 4 is 26.0 Å². The fourth-order valence-corrected chi connectivity index (χ4v) is 7.21. The Bertz CT molecular complexity index is 998. The second kappa shape index (κ2) is 8.02. The number of benzene rings is 1. The van der Waals surface area contributed by atoms with Crippen LogP contribution in [-0.4, -0.2) is 49.6 Å². The quantitative estimate of drug-likeness (QED) is 0.533. The molecule has 0 fully saturated rings. The zero-order chi connectivity index (χ0) is 23.4. The van der Waals surface area contributed by atoms with Crippen molar-refractivity contribution in [1.29, 1.82) is 0 Å². The van der Waals surface area contributed by atoms with E-state index < -0.39 is 39.8 Å². The number of hydrogen-bond donors (Lipinski definition) is 3. The SMILES string of the molecule is COC1=CC(O)[C@]2(CO)Oc3c(cc(Br)cc3S(=O)(=O)NC(C)(C)CC(C)(C)C)[C@@H]2C1. The number of nitrogens with one attached hydrogen (secondary N) is 1. The van der Waals surface area contributed by atoms with Gasteiger partial charge in [0.15, 0.2) is 5.60 Å². The van der Waals surface area contributed by atoms with Gasteiger partial charge in [0.2, 0.25) is 10.0 Å². The highest BCUT2D eigenvalue weighted by atomic mass is 79.9. The van der Waals surface area contributed by atoms with Gasteiger partial charge in [-0.05, 0) is 43.9 Å². The van der Waals surface area contributed by atoms with E-state index in [2.05, 4.69) is 41.4 Å². The molecule has 2 aliphatic rings. The van der Waals surface area contributed by atoms with Crippen molar-refractivity contribution in [1.82, 2.24) is 4.72 Å². The molecule has 9 heteroatoms. The van der Waals surface area contributed by atoms with Gasteiger partial charge in [0.05, 0.1) is 19.5 Å². The number of halogens is 1. The molecule has 0 amide bonds. The van der Waals surface area contributed by atoms with E-state index in [1.807, 2.05) is 13.8 Å². The summed E-state index contributed by atoms with van der Waals surface area (Å²) in [6.07, 6.45) is 1.35. The molecule has 0 spiro atoms. The van der Waals surface area contributed by atoms with Crippen molar-refractivity contribution in [2.24, 2.45) is 5.41 Å². The second-order valence-electron chi connectivity index (χ2n) is 10.3. The third kappa shape index (κ3) is 4.66. The van der Waals surface area contributed by atoms with Gasteiger partial charge in [0, 0.05) is 27.9 Å². The van der Waals surface area contributed by atoms with Crippen LogP contribution in [0.2, 0.25) is 0 Å². The first-order valence-electron chi connectivity index (χ1n) is 10.2. The van der Waals surface area contributed by atoms with E-state index in [9.17, 15) is 18.6 Å². The lowest BCUT2D eigenvalue weighted by molar-refractivity contribution is -0.0783. The van der Waals surface area contributed by atoms with Crippen LogP contribution in [0.3, 0.4) is 0 Å². The highest BCUT2D eigenvalue weighted by molar-refractivity contribution is 9.10. The minimum Gasteiger partial charge on any atom is -0.501 e. The van der Waals surface area contributed by atoms with Crippen molar-refractivity contribution in [3.05, 3.63) is 34.0 Å². The van der Waals surface area contributed by atoms with Gasteiger partial charge >= 0.3 is 0 Å². The van der Waals surface area contributed by atoms with Crippen LogP contribution in [0.15, 0.2) is 33.3 Å². The largest absolute Gasteiger partial charge is 0.501 e. The first kappa shape index (κ1) is 24.5. The van der Waals surface area contributed by atoms with E-state index >= 15 is 0 Å². The standard InChI is InChI=1S/C22H32BrNO6S/c1-20(2,3)11-21(4,5)24-31(27,28)17-8-13(23)7-15-16-9-14(29-6)10-18(26)22(16,12-25)30-19(15)17/h7-8,10,16,18,24-26H,9,11-12H2,1-6H3/t16-,18?,22+/m0/s1. The maximum absolute atomic E-state index is 13.5. The van der Waals surface area contributed by atoms with E-state index in [0.29, 0.717) is 28.6 Å². The molecule has 3 N–H and O–H groups in total. The van der Waals surface area contributed by atoms with Crippen LogP contribution >= 0.6 is 15.9 Å². The van der Waals surface area contributed by atoms with Gasteiger partial charge < -0.3 is 19.7 Å². The summed E-state index contributed by atoms with van der Waals surface area (Å²) < 4.78 is 41.8. The molecule has 3 atom stereocenters. The van der Waals surface area contributed by atoms with Gasteiger partial charge in [-0.15, -0.1) is 0 Å². The molecule has 3 rings (SSSR count). The van der Waals surface area contributed by atoms with Crippen LogP contribution in [0.4, 0.5) is 0 Å². The topological polar surface area (TPSA) is 105 Å². The smallest absolute Gasteiger partial charge is 0.244 e. The van der Waals surface area contributed by atoms with Crippen molar-refractivity contribution < 1.29 is 28.1 Å². The molecule has 1 unspecified atom stereocenters. The first-order chi connectivity index (χ1) is 14.1. The van der Waals surface area contributed by atoms with Crippen LogP contribution in [0.5, 0.6) is 5.75 Å². The lowest BCUT2D eigenvalue weighted by atomic mass is 9.74. The van der Waals surface area contributed by atoms with Gasteiger partial charge in [-0.1, -0.05) is 36.7 Å². The third-order valence-corrected chi connectivity index (χ3v) is 7.90. The molecule has 1 aliphatic heterocycles. The Kier molecular flexibility index (Phi) is 6.34.